The number of nitrogens with zero attached hydrogens (tertiary/aromatic N) is 2. The van der Waals surface area contributed by atoms with Crippen LogP contribution in [0.1, 0.15) is 0 Å². The molecule has 84 valence electrons. The fraction of sp³-hybridized carbons (Fsp3) is 0.200. The topological polar surface area (TPSA) is 77.7 Å². The Morgan fingerprint density at radius 2 is 2.31 bits per heavy atom. The first-order chi connectivity index (χ1) is 7.79. The first kappa shape index (κ1) is 11.0. The van der Waals surface area contributed by atoms with Crippen molar-refractivity contribution >= 4 is 32.9 Å². The minimum Gasteiger partial charge on any atom is -0.393 e. The Morgan fingerprint density at radius 3 is 3.06 bits per heavy atom. The number of hydrogen-bond donors (Lipinski definition) is 3. The summed E-state index contributed by atoms with van der Waals surface area (Å²) in [6.45, 7) is -0.342. The van der Waals surface area contributed by atoms with Crippen LogP contribution in [0.4, 0.5) is 5.13 Å². The van der Waals surface area contributed by atoms with Gasteiger partial charge in [0.2, 0.25) is 5.13 Å². The number of rotatable bonds is 4. The second-order valence-corrected chi connectivity index (χ2v) is 4.16. The molecule has 0 aliphatic rings. The predicted octanol–water partition coefficient (Wildman–Crippen LogP) is 1.05. The van der Waals surface area contributed by atoms with E-state index in [2.05, 4.69) is 15.5 Å². The van der Waals surface area contributed by atoms with Crippen LogP contribution in [0.15, 0.2) is 29.4 Å². The van der Waals surface area contributed by atoms with E-state index in [1.807, 2.05) is 24.3 Å². The number of thiazole rings is 1. The molecule has 6 heteroatoms. The van der Waals surface area contributed by atoms with Gasteiger partial charge in [0.25, 0.3) is 0 Å². The van der Waals surface area contributed by atoms with E-state index in [4.69, 9.17) is 10.2 Å². The van der Waals surface area contributed by atoms with Crippen LogP contribution >= 0.6 is 11.3 Å². The van der Waals surface area contributed by atoms with Crippen molar-refractivity contribution in [3.63, 3.8) is 0 Å². The van der Waals surface area contributed by atoms with Crippen molar-refractivity contribution in [2.24, 2.45) is 5.10 Å². The van der Waals surface area contributed by atoms with Gasteiger partial charge in [0.1, 0.15) is 6.10 Å². The molecule has 1 aromatic carbocycles. The first-order valence-electron chi connectivity index (χ1n) is 4.73. The number of aliphatic hydroxyl groups is 2. The third-order valence-electron chi connectivity index (χ3n) is 1.89. The van der Waals surface area contributed by atoms with E-state index in [0.29, 0.717) is 5.13 Å². The number of aromatic nitrogens is 1. The monoisotopic (exact) mass is 237 g/mol. The van der Waals surface area contributed by atoms with Crippen LogP contribution in [0.25, 0.3) is 10.2 Å². The molecule has 0 fully saturated rings. The standard InChI is InChI=1S/C10H11N3O2S/c14-6-7(15)5-11-13-10-12-8-3-1-2-4-9(8)16-10/h1-5,7,14-15H,6H2,(H,12,13)/b11-5+/t7-/m0/s1. The van der Waals surface area contributed by atoms with E-state index in [0.717, 1.165) is 10.2 Å². The molecule has 0 amide bonds. The Balaban J connectivity index is 2.07. The molecule has 0 saturated heterocycles. The van der Waals surface area contributed by atoms with Crippen LogP contribution in [0.5, 0.6) is 0 Å². The fourth-order valence-corrected chi connectivity index (χ4v) is 1.96. The van der Waals surface area contributed by atoms with Crippen molar-refractivity contribution in [3.8, 4) is 0 Å². The fourth-order valence-electron chi connectivity index (χ4n) is 1.15. The Kier molecular flexibility index (Phi) is 3.45. The number of para-hydroxylation sites is 1. The van der Waals surface area contributed by atoms with Crippen molar-refractivity contribution in [1.82, 2.24) is 4.98 Å². The predicted molar refractivity (Wildman–Crippen MR) is 64.8 cm³/mol. The lowest BCUT2D eigenvalue weighted by molar-refractivity contribution is 0.148. The number of hydrogen-bond acceptors (Lipinski definition) is 6. The summed E-state index contributed by atoms with van der Waals surface area (Å²) in [7, 11) is 0. The van der Waals surface area contributed by atoms with Crippen molar-refractivity contribution in [1.29, 1.82) is 0 Å². The van der Waals surface area contributed by atoms with Crippen molar-refractivity contribution < 1.29 is 10.2 Å². The highest BCUT2D eigenvalue weighted by atomic mass is 32.1. The summed E-state index contributed by atoms with van der Waals surface area (Å²) < 4.78 is 1.07. The zero-order valence-corrected chi connectivity index (χ0v) is 9.18. The van der Waals surface area contributed by atoms with Gasteiger partial charge in [0.05, 0.1) is 23.0 Å². The Labute approximate surface area is 96.1 Å². The van der Waals surface area contributed by atoms with Crippen LogP contribution in [-0.4, -0.2) is 34.1 Å². The minimum atomic E-state index is -0.943. The summed E-state index contributed by atoms with van der Waals surface area (Å²) in [5, 5.41) is 22.0. The van der Waals surface area contributed by atoms with Gasteiger partial charge in [-0.3, -0.25) is 5.43 Å². The van der Waals surface area contributed by atoms with Gasteiger partial charge in [-0.05, 0) is 12.1 Å². The molecule has 0 saturated carbocycles. The van der Waals surface area contributed by atoms with E-state index in [9.17, 15) is 0 Å². The maximum absolute atomic E-state index is 9.02. The van der Waals surface area contributed by atoms with Gasteiger partial charge in [0, 0.05) is 0 Å². The van der Waals surface area contributed by atoms with Gasteiger partial charge in [-0.25, -0.2) is 4.98 Å². The van der Waals surface area contributed by atoms with E-state index in [-0.39, 0.29) is 6.61 Å². The number of benzene rings is 1. The average Bonchev–Trinajstić information content (AvgIpc) is 2.71. The average molecular weight is 237 g/mol. The molecule has 1 heterocycles. The molecule has 0 unspecified atom stereocenters. The Morgan fingerprint density at radius 1 is 1.50 bits per heavy atom. The number of hydrazone groups is 1. The van der Waals surface area contributed by atoms with E-state index in [1.54, 1.807) is 0 Å². The molecule has 2 aromatic rings. The zero-order valence-electron chi connectivity index (χ0n) is 8.37. The molecule has 0 bridgehead atoms. The third-order valence-corrected chi connectivity index (χ3v) is 2.83. The molecule has 1 aromatic heterocycles. The molecule has 1 atom stereocenters. The van der Waals surface area contributed by atoms with Gasteiger partial charge < -0.3 is 10.2 Å². The third kappa shape index (κ3) is 2.54. The SMILES string of the molecule is OC[C@@H](O)/C=N/Nc1nc2ccccc2s1. The molecule has 0 spiro atoms. The number of nitrogens with one attached hydrogen (secondary N) is 1. The molecule has 16 heavy (non-hydrogen) atoms. The summed E-state index contributed by atoms with van der Waals surface area (Å²) in [5.41, 5.74) is 3.62. The maximum atomic E-state index is 9.02. The van der Waals surface area contributed by atoms with E-state index in [1.165, 1.54) is 17.6 Å². The molecule has 0 aliphatic heterocycles. The quantitative estimate of drug-likeness (QED) is 0.548. The highest BCUT2D eigenvalue weighted by molar-refractivity contribution is 7.22. The lowest BCUT2D eigenvalue weighted by atomic mass is 10.3. The van der Waals surface area contributed by atoms with Crippen LogP contribution in [0.3, 0.4) is 0 Å². The van der Waals surface area contributed by atoms with Crippen LogP contribution in [0.2, 0.25) is 0 Å². The molecular weight excluding hydrogens is 226 g/mol. The molecular formula is C10H11N3O2S. The number of anilines is 1. The lowest BCUT2D eigenvalue weighted by Gasteiger charge is -1.97. The summed E-state index contributed by atoms with van der Waals surface area (Å²) in [6.07, 6.45) is 0.286. The Bertz CT molecular complexity index is 465. The summed E-state index contributed by atoms with van der Waals surface area (Å²) in [5.74, 6) is 0. The molecule has 5 nitrogen and oxygen atoms in total. The highest BCUT2D eigenvalue weighted by Gasteiger charge is 2.01. The second-order valence-electron chi connectivity index (χ2n) is 3.13. The first-order valence-corrected chi connectivity index (χ1v) is 5.55. The molecule has 3 N–H and O–H groups in total. The largest absolute Gasteiger partial charge is 0.393 e. The van der Waals surface area contributed by atoms with Gasteiger partial charge >= 0.3 is 0 Å². The minimum absolute atomic E-state index is 0.342. The van der Waals surface area contributed by atoms with Gasteiger partial charge in [0.15, 0.2) is 0 Å². The van der Waals surface area contributed by atoms with Gasteiger partial charge in [-0.2, -0.15) is 5.10 Å². The van der Waals surface area contributed by atoms with E-state index >= 15 is 0 Å². The summed E-state index contributed by atoms with van der Waals surface area (Å²) in [6, 6.07) is 7.77. The van der Waals surface area contributed by atoms with Crippen molar-refractivity contribution in [2.75, 3.05) is 12.0 Å². The smallest absolute Gasteiger partial charge is 0.204 e. The van der Waals surface area contributed by atoms with Crippen molar-refractivity contribution in [2.45, 2.75) is 6.10 Å². The van der Waals surface area contributed by atoms with Crippen molar-refractivity contribution in [3.05, 3.63) is 24.3 Å². The molecule has 2 rings (SSSR count). The number of aliphatic hydroxyl groups excluding tert-OH is 2. The summed E-state index contributed by atoms with van der Waals surface area (Å²) >= 11 is 1.48. The molecule has 0 radical (unpaired) electrons. The Hall–Kier alpha value is -1.50. The normalized spacial score (nSPS) is 13.4. The maximum Gasteiger partial charge on any atom is 0.204 e. The zero-order chi connectivity index (χ0) is 11.4. The van der Waals surface area contributed by atoms with E-state index < -0.39 is 6.10 Å². The van der Waals surface area contributed by atoms with Gasteiger partial charge in [-0.15, -0.1) is 0 Å². The summed E-state index contributed by atoms with van der Waals surface area (Å²) in [4.78, 5) is 4.28. The number of fused-ring (bicyclic) bond motifs is 1. The highest BCUT2D eigenvalue weighted by Crippen LogP contribution is 2.25. The van der Waals surface area contributed by atoms with Gasteiger partial charge in [-0.1, -0.05) is 23.5 Å². The van der Waals surface area contributed by atoms with Crippen LogP contribution in [0, 0.1) is 0 Å². The molecule has 0 aliphatic carbocycles. The lowest BCUT2D eigenvalue weighted by Crippen LogP contribution is -2.13. The second kappa shape index (κ2) is 5.02. The van der Waals surface area contributed by atoms with Crippen LogP contribution in [-0.2, 0) is 0 Å². The van der Waals surface area contributed by atoms with Crippen LogP contribution < -0.4 is 5.43 Å².